The Morgan fingerprint density at radius 2 is 1.95 bits per heavy atom. The van der Waals surface area contributed by atoms with Crippen LogP contribution in [0.3, 0.4) is 0 Å². The summed E-state index contributed by atoms with van der Waals surface area (Å²) in [5.74, 6) is 1.03. The Bertz CT molecular complexity index is 537. The fourth-order valence-corrected chi connectivity index (χ4v) is 3.77. The van der Waals surface area contributed by atoms with Crippen LogP contribution in [0.2, 0.25) is 0 Å². The molecule has 7 heteroatoms. The minimum atomic E-state index is -3.62. The highest BCUT2D eigenvalue weighted by Crippen LogP contribution is 2.26. The van der Waals surface area contributed by atoms with Crippen molar-refractivity contribution in [1.29, 1.82) is 0 Å². The van der Waals surface area contributed by atoms with Crippen LogP contribution in [0.25, 0.3) is 0 Å². The number of furan rings is 1. The number of hydrogen-bond acceptors (Lipinski definition) is 5. The molecular formula is C13H24N2O4S. The zero-order valence-corrected chi connectivity index (χ0v) is 13.6. The molecule has 1 unspecified atom stereocenters. The first-order valence-electron chi connectivity index (χ1n) is 6.67. The molecule has 0 saturated carbocycles. The smallest absolute Gasteiger partial charge is 0.244 e. The minimum absolute atomic E-state index is 0.229. The van der Waals surface area contributed by atoms with Crippen LogP contribution in [0.4, 0.5) is 0 Å². The second-order valence-corrected chi connectivity index (χ2v) is 6.39. The molecule has 0 saturated heterocycles. The van der Waals surface area contributed by atoms with Gasteiger partial charge in [-0.3, -0.25) is 0 Å². The van der Waals surface area contributed by atoms with Crippen LogP contribution < -0.4 is 10.0 Å². The van der Waals surface area contributed by atoms with Crippen molar-refractivity contribution in [2.75, 3.05) is 20.3 Å². The van der Waals surface area contributed by atoms with Crippen LogP contribution in [0, 0.1) is 13.8 Å². The lowest BCUT2D eigenvalue weighted by atomic mass is 10.2. The van der Waals surface area contributed by atoms with Gasteiger partial charge in [-0.15, -0.1) is 0 Å². The molecule has 20 heavy (non-hydrogen) atoms. The predicted octanol–water partition coefficient (Wildman–Crippen LogP) is 1.32. The van der Waals surface area contributed by atoms with Crippen molar-refractivity contribution in [3.63, 3.8) is 0 Å². The van der Waals surface area contributed by atoms with Gasteiger partial charge < -0.3 is 14.5 Å². The molecule has 0 aliphatic heterocycles. The molecule has 1 rings (SSSR count). The van der Waals surface area contributed by atoms with Crippen molar-refractivity contribution in [2.45, 2.75) is 45.2 Å². The fourth-order valence-electron chi connectivity index (χ4n) is 2.10. The van der Waals surface area contributed by atoms with Crippen molar-refractivity contribution < 1.29 is 17.6 Å². The first-order chi connectivity index (χ1) is 9.33. The number of nitrogens with one attached hydrogen (secondary N) is 2. The van der Waals surface area contributed by atoms with Crippen molar-refractivity contribution in [3.05, 3.63) is 17.1 Å². The third kappa shape index (κ3) is 4.05. The number of aryl methyl sites for hydroxylation is 2. The number of rotatable bonds is 8. The van der Waals surface area contributed by atoms with Crippen LogP contribution in [0.1, 0.15) is 30.9 Å². The van der Waals surface area contributed by atoms with Crippen molar-refractivity contribution >= 4 is 10.0 Å². The largest absolute Gasteiger partial charge is 0.465 e. The summed E-state index contributed by atoms with van der Waals surface area (Å²) in [7, 11) is -1.85. The maximum Gasteiger partial charge on any atom is 0.244 e. The average molecular weight is 304 g/mol. The van der Waals surface area contributed by atoms with Gasteiger partial charge in [0.1, 0.15) is 16.4 Å². The summed E-state index contributed by atoms with van der Waals surface area (Å²) in [4.78, 5) is 0.229. The average Bonchev–Trinajstić information content (AvgIpc) is 2.62. The van der Waals surface area contributed by atoms with Crippen molar-refractivity contribution in [1.82, 2.24) is 10.0 Å². The minimum Gasteiger partial charge on any atom is -0.465 e. The molecular weight excluding hydrogens is 280 g/mol. The maximum atomic E-state index is 12.5. The van der Waals surface area contributed by atoms with Crippen LogP contribution in [-0.2, 0) is 21.3 Å². The molecule has 0 spiro atoms. The summed E-state index contributed by atoms with van der Waals surface area (Å²) < 4.78 is 38.3. The second-order valence-electron chi connectivity index (χ2n) is 4.73. The Morgan fingerprint density at radius 1 is 1.30 bits per heavy atom. The highest BCUT2D eigenvalue weighted by Gasteiger charge is 2.27. The van der Waals surface area contributed by atoms with Gasteiger partial charge in [-0.05, 0) is 34.7 Å². The van der Waals surface area contributed by atoms with E-state index in [1.54, 1.807) is 27.8 Å². The lowest BCUT2D eigenvalue weighted by molar-refractivity contribution is 0.133. The van der Waals surface area contributed by atoms with E-state index in [0.717, 1.165) is 0 Å². The summed E-state index contributed by atoms with van der Waals surface area (Å²) in [6, 6.07) is -0.294. The van der Waals surface area contributed by atoms with E-state index in [-0.39, 0.29) is 10.9 Å². The van der Waals surface area contributed by atoms with Crippen LogP contribution in [-0.4, -0.2) is 34.7 Å². The molecule has 0 amide bonds. The van der Waals surface area contributed by atoms with E-state index in [4.69, 9.17) is 9.15 Å². The zero-order valence-electron chi connectivity index (χ0n) is 12.7. The molecule has 0 radical (unpaired) electrons. The van der Waals surface area contributed by atoms with Crippen LogP contribution in [0.5, 0.6) is 0 Å². The SMILES string of the molecule is CCOCC(C)NS(=O)(=O)c1c(C)oc(C)c1CNC. The molecule has 2 N–H and O–H groups in total. The first-order valence-corrected chi connectivity index (χ1v) is 8.15. The lowest BCUT2D eigenvalue weighted by Gasteiger charge is -2.14. The summed E-state index contributed by atoms with van der Waals surface area (Å²) >= 11 is 0. The maximum absolute atomic E-state index is 12.5. The topological polar surface area (TPSA) is 80.6 Å². The van der Waals surface area contributed by atoms with E-state index in [1.165, 1.54) is 0 Å². The molecule has 0 fully saturated rings. The van der Waals surface area contributed by atoms with E-state index >= 15 is 0 Å². The van der Waals surface area contributed by atoms with Crippen LogP contribution >= 0.6 is 0 Å². The summed E-state index contributed by atoms with van der Waals surface area (Å²) in [6.07, 6.45) is 0. The molecule has 1 atom stereocenters. The molecule has 0 aliphatic carbocycles. The number of sulfonamides is 1. The first kappa shape index (κ1) is 17.2. The van der Waals surface area contributed by atoms with Gasteiger partial charge in [0.2, 0.25) is 10.0 Å². The summed E-state index contributed by atoms with van der Waals surface area (Å²) in [5.41, 5.74) is 0.668. The summed E-state index contributed by atoms with van der Waals surface area (Å²) in [5, 5.41) is 2.96. The van der Waals surface area contributed by atoms with Crippen molar-refractivity contribution in [2.24, 2.45) is 0 Å². The quantitative estimate of drug-likeness (QED) is 0.757. The highest BCUT2D eigenvalue weighted by molar-refractivity contribution is 7.89. The van der Waals surface area contributed by atoms with Gasteiger partial charge in [-0.25, -0.2) is 13.1 Å². The number of ether oxygens (including phenoxy) is 1. The Balaban J connectivity index is 3.03. The molecule has 1 aromatic rings. The van der Waals surface area contributed by atoms with E-state index in [1.807, 2.05) is 6.92 Å². The van der Waals surface area contributed by atoms with Gasteiger partial charge in [-0.1, -0.05) is 0 Å². The molecule has 116 valence electrons. The van der Waals surface area contributed by atoms with Gasteiger partial charge in [0.05, 0.1) is 6.61 Å². The third-order valence-electron chi connectivity index (χ3n) is 2.88. The highest BCUT2D eigenvalue weighted by atomic mass is 32.2. The van der Waals surface area contributed by atoms with E-state index in [9.17, 15) is 8.42 Å². The zero-order chi connectivity index (χ0) is 15.3. The Morgan fingerprint density at radius 3 is 2.50 bits per heavy atom. The van der Waals surface area contributed by atoms with E-state index < -0.39 is 10.0 Å². The molecule has 0 aromatic carbocycles. The molecule has 1 heterocycles. The lowest BCUT2D eigenvalue weighted by Crippen LogP contribution is -2.36. The van der Waals surface area contributed by atoms with Crippen LogP contribution in [0.15, 0.2) is 9.31 Å². The molecule has 6 nitrogen and oxygen atoms in total. The second kappa shape index (κ2) is 7.21. The predicted molar refractivity (Wildman–Crippen MR) is 77.2 cm³/mol. The fraction of sp³-hybridized carbons (Fsp3) is 0.692. The molecule has 0 aliphatic rings. The van der Waals surface area contributed by atoms with Gasteiger partial charge >= 0.3 is 0 Å². The van der Waals surface area contributed by atoms with Gasteiger partial charge in [0.25, 0.3) is 0 Å². The standard InChI is InChI=1S/C13H24N2O4S/c1-6-18-8-9(2)15-20(16,17)13-11(4)19-10(3)12(13)7-14-5/h9,14-15H,6-8H2,1-5H3. The van der Waals surface area contributed by atoms with Crippen molar-refractivity contribution in [3.8, 4) is 0 Å². The van der Waals surface area contributed by atoms with E-state index in [2.05, 4.69) is 10.0 Å². The molecule has 1 aromatic heterocycles. The van der Waals surface area contributed by atoms with Gasteiger partial charge in [0.15, 0.2) is 0 Å². The van der Waals surface area contributed by atoms with E-state index in [0.29, 0.717) is 36.8 Å². The third-order valence-corrected chi connectivity index (χ3v) is 4.66. The Hall–Kier alpha value is -0.890. The van der Waals surface area contributed by atoms with Gasteiger partial charge in [-0.2, -0.15) is 0 Å². The molecule has 0 bridgehead atoms. The monoisotopic (exact) mass is 304 g/mol. The van der Waals surface area contributed by atoms with Gasteiger partial charge in [0, 0.05) is 24.8 Å². The Kier molecular flexibility index (Phi) is 6.19. The Labute approximate surface area is 120 Å². The normalized spacial score (nSPS) is 13.7. The number of hydrogen-bond donors (Lipinski definition) is 2. The summed E-state index contributed by atoms with van der Waals surface area (Å²) in [6.45, 7) is 8.41.